The van der Waals surface area contributed by atoms with Gasteiger partial charge in [0.1, 0.15) is 10.7 Å². The molecule has 0 radical (unpaired) electrons. The van der Waals surface area contributed by atoms with Crippen molar-refractivity contribution >= 4 is 44.7 Å². The number of hydrogen-bond acceptors (Lipinski definition) is 6. The smallest absolute Gasteiger partial charge is 0.268 e. The highest BCUT2D eigenvalue weighted by molar-refractivity contribution is 7.19. The summed E-state index contributed by atoms with van der Waals surface area (Å²) in [4.78, 5) is 17.8. The molecule has 9 nitrogen and oxygen atoms in total. The fraction of sp³-hybridized carbons (Fsp3) is 0.190. The van der Waals surface area contributed by atoms with E-state index in [1.807, 2.05) is 44.7 Å². The first-order chi connectivity index (χ1) is 15.0. The molecule has 0 saturated carbocycles. The molecule has 31 heavy (non-hydrogen) atoms. The van der Waals surface area contributed by atoms with Gasteiger partial charge in [0.25, 0.3) is 5.91 Å². The Morgan fingerprint density at radius 1 is 1.32 bits per heavy atom. The summed E-state index contributed by atoms with van der Waals surface area (Å²) in [5.74, 6) is -0.236. The molecule has 4 heterocycles. The Balaban J connectivity index is 1.42. The van der Waals surface area contributed by atoms with Gasteiger partial charge in [-0.05, 0) is 17.2 Å². The number of aromatic amines is 1. The third-order valence-electron chi connectivity index (χ3n) is 5.29. The minimum atomic E-state index is -0.236. The monoisotopic (exact) mass is 432 g/mol. The number of carbonyl (C=O) groups excluding carboxylic acids is 1. The predicted octanol–water partition coefficient (Wildman–Crippen LogP) is 2.76. The normalized spacial score (nSPS) is 11.4. The molecule has 5 rings (SSSR count). The summed E-state index contributed by atoms with van der Waals surface area (Å²) in [5.41, 5.74) is 4.72. The molecule has 0 aliphatic heterocycles. The Bertz CT molecular complexity index is 1440. The van der Waals surface area contributed by atoms with Gasteiger partial charge in [-0.3, -0.25) is 14.6 Å². The van der Waals surface area contributed by atoms with Crippen LogP contribution in [0.3, 0.4) is 0 Å². The van der Waals surface area contributed by atoms with Crippen molar-refractivity contribution in [3.05, 3.63) is 64.2 Å². The van der Waals surface area contributed by atoms with E-state index in [1.54, 1.807) is 15.4 Å². The fourth-order valence-electron chi connectivity index (χ4n) is 3.82. The van der Waals surface area contributed by atoms with Crippen LogP contribution in [-0.4, -0.2) is 41.7 Å². The zero-order valence-corrected chi connectivity index (χ0v) is 17.8. The van der Waals surface area contributed by atoms with Crippen LogP contribution in [-0.2, 0) is 27.1 Å². The summed E-state index contributed by atoms with van der Waals surface area (Å²) in [5, 5.41) is 24.0. The fourth-order valence-corrected chi connectivity index (χ4v) is 4.96. The lowest BCUT2D eigenvalue weighted by atomic mass is 10.1. The standard InChI is InChI=1S/C21H20N8OS/c1-28-11-12(8-25-28)6-17-26-20-19(31-17)14(7-22)18(29(20)2)21(30)23-9-13-4-3-5-16-15(13)10-24-27-16/h3-5,7-8,10-11,22H,6,9H2,1-2H3,(H,23,30)(H,24,27). The molecular weight excluding hydrogens is 412 g/mol. The van der Waals surface area contributed by atoms with E-state index in [9.17, 15) is 4.79 Å². The molecule has 0 bridgehead atoms. The minimum Gasteiger partial charge on any atom is -0.347 e. The van der Waals surface area contributed by atoms with Crippen LogP contribution in [0.25, 0.3) is 21.3 Å². The van der Waals surface area contributed by atoms with Gasteiger partial charge in [-0.25, -0.2) is 4.98 Å². The highest BCUT2D eigenvalue weighted by Gasteiger charge is 2.23. The molecule has 10 heteroatoms. The van der Waals surface area contributed by atoms with Gasteiger partial charge in [-0.2, -0.15) is 10.2 Å². The molecule has 5 aromatic rings. The molecule has 0 aliphatic rings. The van der Waals surface area contributed by atoms with Gasteiger partial charge in [0, 0.05) is 50.4 Å². The van der Waals surface area contributed by atoms with Crippen LogP contribution < -0.4 is 5.32 Å². The van der Waals surface area contributed by atoms with Crippen LogP contribution in [0.4, 0.5) is 0 Å². The Morgan fingerprint density at radius 3 is 2.97 bits per heavy atom. The van der Waals surface area contributed by atoms with E-state index in [0.717, 1.165) is 31.7 Å². The summed E-state index contributed by atoms with van der Waals surface area (Å²) in [6.07, 6.45) is 7.44. The van der Waals surface area contributed by atoms with Gasteiger partial charge in [0.15, 0.2) is 5.65 Å². The zero-order valence-electron chi connectivity index (χ0n) is 17.0. The number of hydrogen-bond donors (Lipinski definition) is 3. The van der Waals surface area contributed by atoms with Crippen molar-refractivity contribution in [3.63, 3.8) is 0 Å². The molecule has 0 atom stereocenters. The Hall–Kier alpha value is -3.79. The number of thiazole rings is 1. The summed E-state index contributed by atoms with van der Waals surface area (Å²) in [7, 11) is 3.70. The second kappa shape index (κ2) is 7.47. The first-order valence-corrected chi connectivity index (χ1v) is 10.5. The van der Waals surface area contributed by atoms with Crippen molar-refractivity contribution in [2.45, 2.75) is 13.0 Å². The van der Waals surface area contributed by atoms with E-state index in [0.29, 0.717) is 29.9 Å². The van der Waals surface area contributed by atoms with Gasteiger partial charge < -0.3 is 15.3 Å². The van der Waals surface area contributed by atoms with E-state index >= 15 is 0 Å². The average molecular weight is 433 g/mol. The largest absolute Gasteiger partial charge is 0.347 e. The van der Waals surface area contributed by atoms with Gasteiger partial charge in [0.2, 0.25) is 0 Å². The van der Waals surface area contributed by atoms with Gasteiger partial charge in [0.05, 0.1) is 22.6 Å². The molecule has 1 aromatic carbocycles. The quantitative estimate of drug-likeness (QED) is 0.358. The van der Waals surface area contributed by atoms with E-state index in [4.69, 9.17) is 10.4 Å². The van der Waals surface area contributed by atoms with Crippen LogP contribution in [0.15, 0.2) is 36.8 Å². The predicted molar refractivity (Wildman–Crippen MR) is 120 cm³/mol. The number of aromatic nitrogens is 6. The summed E-state index contributed by atoms with van der Waals surface area (Å²) < 4.78 is 4.38. The Labute approximate surface area is 181 Å². The van der Waals surface area contributed by atoms with Gasteiger partial charge >= 0.3 is 0 Å². The lowest BCUT2D eigenvalue weighted by Gasteiger charge is -2.08. The Morgan fingerprint density at radius 2 is 2.19 bits per heavy atom. The number of carbonyl (C=O) groups is 1. The van der Waals surface area contributed by atoms with Crippen molar-refractivity contribution in [1.29, 1.82) is 5.41 Å². The van der Waals surface area contributed by atoms with Crippen molar-refractivity contribution in [1.82, 2.24) is 34.8 Å². The lowest BCUT2D eigenvalue weighted by Crippen LogP contribution is -2.26. The number of benzene rings is 1. The third kappa shape index (κ3) is 3.30. The second-order valence-electron chi connectivity index (χ2n) is 7.36. The van der Waals surface area contributed by atoms with Crippen LogP contribution in [0.1, 0.15) is 32.2 Å². The maximum Gasteiger partial charge on any atom is 0.268 e. The number of H-pyrrole nitrogens is 1. The zero-order chi connectivity index (χ0) is 21.5. The molecule has 3 N–H and O–H groups in total. The van der Waals surface area contributed by atoms with Crippen molar-refractivity contribution < 1.29 is 4.79 Å². The number of aryl methyl sites for hydroxylation is 2. The van der Waals surface area contributed by atoms with Gasteiger partial charge in [-0.1, -0.05) is 12.1 Å². The molecule has 1 amide bonds. The maximum absolute atomic E-state index is 13.0. The van der Waals surface area contributed by atoms with Crippen LogP contribution in [0.2, 0.25) is 0 Å². The molecule has 0 aliphatic carbocycles. The summed E-state index contributed by atoms with van der Waals surface area (Å²) in [6.45, 7) is 0.367. The number of rotatable bonds is 6. The molecular formula is C21H20N8OS. The molecule has 0 unspecified atom stereocenters. The topological polar surface area (TPSA) is 117 Å². The SMILES string of the molecule is Cn1cc(Cc2nc3c(s2)c(C=N)c(C(=O)NCc2cccc4[nH]ncc24)n3C)cn1. The van der Waals surface area contributed by atoms with Crippen molar-refractivity contribution in [2.75, 3.05) is 0 Å². The molecule has 4 aromatic heterocycles. The summed E-state index contributed by atoms with van der Waals surface area (Å²) >= 11 is 1.51. The number of amides is 1. The van der Waals surface area contributed by atoms with Crippen molar-refractivity contribution in [3.8, 4) is 0 Å². The average Bonchev–Trinajstić information content (AvgIpc) is 3.52. The first kappa shape index (κ1) is 19.2. The first-order valence-electron chi connectivity index (χ1n) is 9.70. The molecule has 0 fully saturated rings. The maximum atomic E-state index is 13.0. The number of fused-ring (bicyclic) bond motifs is 2. The molecule has 0 saturated heterocycles. The highest BCUT2D eigenvalue weighted by Crippen LogP contribution is 2.31. The second-order valence-corrected chi connectivity index (χ2v) is 8.44. The highest BCUT2D eigenvalue weighted by atomic mass is 32.1. The van der Waals surface area contributed by atoms with Crippen LogP contribution in [0.5, 0.6) is 0 Å². The number of nitrogens with one attached hydrogen (secondary N) is 3. The minimum absolute atomic E-state index is 0.236. The van der Waals surface area contributed by atoms with E-state index < -0.39 is 0 Å². The lowest BCUT2D eigenvalue weighted by molar-refractivity contribution is 0.0943. The van der Waals surface area contributed by atoms with Crippen LogP contribution in [0, 0.1) is 5.41 Å². The van der Waals surface area contributed by atoms with Crippen molar-refractivity contribution in [2.24, 2.45) is 14.1 Å². The van der Waals surface area contributed by atoms with Crippen LogP contribution >= 0.6 is 11.3 Å². The van der Waals surface area contributed by atoms with E-state index in [-0.39, 0.29) is 5.91 Å². The van der Waals surface area contributed by atoms with E-state index in [1.165, 1.54) is 17.6 Å². The summed E-state index contributed by atoms with van der Waals surface area (Å²) in [6, 6.07) is 5.84. The molecule has 0 spiro atoms. The third-order valence-corrected chi connectivity index (χ3v) is 6.37. The van der Waals surface area contributed by atoms with Gasteiger partial charge in [-0.15, -0.1) is 11.3 Å². The van der Waals surface area contributed by atoms with E-state index in [2.05, 4.69) is 20.6 Å². The number of nitrogens with zero attached hydrogens (tertiary/aromatic N) is 5. The Kier molecular flexibility index (Phi) is 4.63. The molecule has 156 valence electrons.